The Bertz CT molecular complexity index is 449. The van der Waals surface area contributed by atoms with Crippen molar-refractivity contribution < 1.29 is 9.59 Å². The van der Waals surface area contributed by atoms with Crippen LogP contribution in [0.4, 0.5) is 0 Å². The Morgan fingerprint density at radius 2 is 1.92 bits per heavy atom. The number of nitrogens with zero attached hydrogens (tertiary/aromatic N) is 1. The number of unbranched alkanes of at least 4 members (excludes halogenated alkanes) is 1. The third kappa shape index (κ3) is 4.94. The van der Waals surface area contributed by atoms with E-state index in [0.717, 1.165) is 50.3 Å². The third-order valence-electron chi connectivity index (χ3n) is 6.02. The van der Waals surface area contributed by atoms with Crippen molar-refractivity contribution in [3.8, 4) is 0 Å². The normalized spacial score (nSPS) is 25.8. The lowest BCUT2D eigenvalue weighted by Crippen LogP contribution is -2.39. The van der Waals surface area contributed by atoms with E-state index in [4.69, 9.17) is 0 Å². The van der Waals surface area contributed by atoms with Crippen molar-refractivity contribution in [1.82, 2.24) is 4.90 Å². The number of Topliss-reactive ketones (excluding diaryl/α,β-unsaturated/α-hetero) is 2. The van der Waals surface area contributed by atoms with Crippen LogP contribution in [-0.2, 0) is 9.59 Å². The molecule has 24 heavy (non-hydrogen) atoms. The highest BCUT2D eigenvalue weighted by Gasteiger charge is 2.32. The molecular weight excluding hydrogens is 298 g/mol. The molecule has 0 aromatic rings. The van der Waals surface area contributed by atoms with Gasteiger partial charge in [0, 0.05) is 18.2 Å². The SMILES string of the molecule is C=C1CCCN1[C@@H](CC)C(=O)CC(=O)C1CCC(CCCC)CC1. The van der Waals surface area contributed by atoms with E-state index < -0.39 is 0 Å². The van der Waals surface area contributed by atoms with Crippen molar-refractivity contribution in [3.05, 3.63) is 12.3 Å². The predicted octanol–water partition coefficient (Wildman–Crippen LogP) is 4.90. The molecule has 0 N–H and O–H groups in total. The fraction of sp³-hybridized carbons (Fsp3) is 0.810. The molecule has 3 heteroatoms. The molecule has 0 amide bonds. The van der Waals surface area contributed by atoms with Gasteiger partial charge >= 0.3 is 0 Å². The Morgan fingerprint density at radius 3 is 2.46 bits per heavy atom. The highest BCUT2D eigenvalue weighted by atomic mass is 16.1. The Labute approximate surface area is 147 Å². The molecule has 1 aliphatic heterocycles. The second-order valence-electron chi connectivity index (χ2n) is 7.76. The van der Waals surface area contributed by atoms with Crippen LogP contribution >= 0.6 is 0 Å². The molecule has 0 unspecified atom stereocenters. The average Bonchev–Trinajstić information content (AvgIpc) is 3.00. The molecule has 1 saturated carbocycles. The molecule has 0 bridgehead atoms. The topological polar surface area (TPSA) is 37.4 Å². The van der Waals surface area contributed by atoms with Crippen molar-refractivity contribution in [2.24, 2.45) is 11.8 Å². The summed E-state index contributed by atoms with van der Waals surface area (Å²) in [5.41, 5.74) is 1.07. The number of rotatable bonds is 9. The van der Waals surface area contributed by atoms with Gasteiger partial charge in [-0.3, -0.25) is 9.59 Å². The average molecular weight is 334 g/mol. The summed E-state index contributed by atoms with van der Waals surface area (Å²) in [4.78, 5) is 27.4. The van der Waals surface area contributed by atoms with Crippen molar-refractivity contribution in [3.63, 3.8) is 0 Å². The molecule has 0 spiro atoms. The van der Waals surface area contributed by atoms with Gasteiger partial charge < -0.3 is 4.90 Å². The van der Waals surface area contributed by atoms with E-state index in [2.05, 4.69) is 18.4 Å². The molecule has 2 rings (SSSR count). The van der Waals surface area contributed by atoms with E-state index in [1.807, 2.05) is 6.92 Å². The summed E-state index contributed by atoms with van der Waals surface area (Å²) in [6.45, 7) is 9.27. The number of carbonyl (C=O) groups excluding carboxylic acids is 2. The second-order valence-corrected chi connectivity index (χ2v) is 7.76. The number of hydrogen-bond donors (Lipinski definition) is 0. The van der Waals surface area contributed by atoms with Crippen LogP contribution in [0.25, 0.3) is 0 Å². The molecular formula is C21H35NO2. The number of carbonyl (C=O) groups is 2. The van der Waals surface area contributed by atoms with Crippen molar-refractivity contribution in [2.45, 2.75) is 90.5 Å². The molecule has 1 atom stereocenters. The Balaban J connectivity index is 1.81. The van der Waals surface area contributed by atoms with Crippen LogP contribution in [0.2, 0.25) is 0 Å². The Morgan fingerprint density at radius 1 is 1.21 bits per heavy atom. The van der Waals surface area contributed by atoms with Crippen LogP contribution in [0.5, 0.6) is 0 Å². The molecule has 0 radical (unpaired) electrons. The highest BCUT2D eigenvalue weighted by molar-refractivity contribution is 6.02. The van der Waals surface area contributed by atoms with Gasteiger partial charge in [0.2, 0.25) is 0 Å². The lowest BCUT2D eigenvalue weighted by atomic mass is 9.77. The standard InChI is InChI=1S/C21H35NO2/c1-4-6-9-17-10-12-18(13-11-17)20(23)15-21(24)19(5-2)22-14-7-8-16(22)3/h17-19H,3-15H2,1-2H3/t17?,18?,19-/m0/s1. The minimum Gasteiger partial charge on any atom is -0.365 e. The Kier molecular flexibility index (Phi) is 7.51. The van der Waals surface area contributed by atoms with Crippen molar-refractivity contribution in [2.75, 3.05) is 6.54 Å². The first-order chi connectivity index (χ1) is 11.6. The second kappa shape index (κ2) is 9.39. The van der Waals surface area contributed by atoms with Gasteiger partial charge in [0.1, 0.15) is 5.78 Å². The van der Waals surface area contributed by atoms with Gasteiger partial charge in [0.25, 0.3) is 0 Å². The van der Waals surface area contributed by atoms with Gasteiger partial charge in [-0.05, 0) is 50.9 Å². The first-order valence-corrected chi connectivity index (χ1v) is 10.1. The Hall–Kier alpha value is -1.12. The van der Waals surface area contributed by atoms with Gasteiger partial charge in [-0.1, -0.05) is 39.7 Å². The largest absolute Gasteiger partial charge is 0.365 e. The molecule has 0 aromatic carbocycles. The van der Waals surface area contributed by atoms with Crippen LogP contribution in [0.3, 0.4) is 0 Å². The summed E-state index contributed by atoms with van der Waals surface area (Å²) in [5.74, 6) is 1.24. The maximum absolute atomic E-state index is 12.7. The van der Waals surface area contributed by atoms with E-state index in [9.17, 15) is 9.59 Å². The molecule has 2 fully saturated rings. The van der Waals surface area contributed by atoms with Gasteiger partial charge in [-0.25, -0.2) is 0 Å². The van der Waals surface area contributed by atoms with Crippen LogP contribution in [0.15, 0.2) is 12.3 Å². The zero-order valence-electron chi connectivity index (χ0n) is 15.7. The summed E-state index contributed by atoms with van der Waals surface area (Å²) < 4.78 is 0. The maximum atomic E-state index is 12.7. The summed E-state index contributed by atoms with van der Waals surface area (Å²) >= 11 is 0. The molecule has 1 saturated heterocycles. The molecule has 0 aromatic heterocycles. The van der Waals surface area contributed by atoms with Gasteiger partial charge in [0.05, 0.1) is 12.5 Å². The van der Waals surface area contributed by atoms with E-state index in [1.165, 1.54) is 32.1 Å². The summed E-state index contributed by atoms with van der Waals surface area (Å²) in [5, 5.41) is 0. The molecule has 2 aliphatic rings. The zero-order chi connectivity index (χ0) is 17.5. The fourth-order valence-electron chi connectivity index (χ4n) is 4.45. The van der Waals surface area contributed by atoms with Crippen molar-refractivity contribution >= 4 is 11.6 Å². The lowest BCUT2D eigenvalue weighted by Gasteiger charge is -2.30. The number of likely N-dealkylation sites (tertiary alicyclic amines) is 1. The molecule has 1 aliphatic carbocycles. The lowest BCUT2D eigenvalue weighted by molar-refractivity contribution is -0.132. The molecule has 1 heterocycles. The minimum absolute atomic E-state index is 0.110. The van der Waals surface area contributed by atoms with Crippen LogP contribution < -0.4 is 0 Å². The quantitative estimate of drug-likeness (QED) is 0.563. The minimum atomic E-state index is -0.134. The molecule has 3 nitrogen and oxygen atoms in total. The van der Waals surface area contributed by atoms with E-state index in [0.29, 0.717) is 0 Å². The summed E-state index contributed by atoms with van der Waals surface area (Å²) in [7, 11) is 0. The van der Waals surface area contributed by atoms with E-state index >= 15 is 0 Å². The number of allylic oxidation sites excluding steroid dienone is 1. The van der Waals surface area contributed by atoms with Gasteiger partial charge in [-0.15, -0.1) is 0 Å². The first kappa shape index (κ1) is 19.2. The number of ketones is 2. The smallest absolute Gasteiger partial charge is 0.162 e. The van der Waals surface area contributed by atoms with E-state index in [1.54, 1.807) is 0 Å². The zero-order valence-corrected chi connectivity index (χ0v) is 15.7. The van der Waals surface area contributed by atoms with E-state index in [-0.39, 0.29) is 29.9 Å². The maximum Gasteiger partial charge on any atom is 0.162 e. The molecule has 136 valence electrons. The fourth-order valence-corrected chi connectivity index (χ4v) is 4.45. The monoisotopic (exact) mass is 333 g/mol. The first-order valence-electron chi connectivity index (χ1n) is 10.1. The van der Waals surface area contributed by atoms with Crippen LogP contribution in [0, 0.1) is 11.8 Å². The van der Waals surface area contributed by atoms with Gasteiger partial charge in [0.15, 0.2) is 5.78 Å². The van der Waals surface area contributed by atoms with Crippen LogP contribution in [-0.4, -0.2) is 29.1 Å². The summed E-state index contributed by atoms with van der Waals surface area (Å²) in [6.07, 6.45) is 11.2. The number of hydrogen-bond acceptors (Lipinski definition) is 3. The van der Waals surface area contributed by atoms with Crippen molar-refractivity contribution in [1.29, 1.82) is 0 Å². The van der Waals surface area contributed by atoms with Gasteiger partial charge in [-0.2, -0.15) is 0 Å². The highest BCUT2D eigenvalue weighted by Crippen LogP contribution is 2.33. The summed E-state index contributed by atoms with van der Waals surface area (Å²) in [6, 6.07) is -0.134. The third-order valence-corrected chi connectivity index (χ3v) is 6.02. The predicted molar refractivity (Wildman–Crippen MR) is 98.8 cm³/mol. The van der Waals surface area contributed by atoms with Crippen LogP contribution in [0.1, 0.15) is 84.5 Å².